The average molecular weight is 369 g/mol. The van der Waals surface area contributed by atoms with Crippen LogP contribution in [0.5, 0.6) is 0 Å². The van der Waals surface area contributed by atoms with Crippen LogP contribution in [-0.2, 0) is 0 Å². The van der Waals surface area contributed by atoms with Gasteiger partial charge in [-0.05, 0) is 0 Å². The zero-order valence-electron chi connectivity index (χ0n) is 5.35. The summed E-state index contributed by atoms with van der Waals surface area (Å²) >= 11 is 48.8. The molecular weight excluding hydrogens is 369 g/mol. The molecule has 0 aromatic rings. The molecular formula is C3Cl9N. The van der Waals surface area contributed by atoms with Gasteiger partial charge in [0.25, 0.3) is 11.7 Å². The summed E-state index contributed by atoms with van der Waals surface area (Å²) < 4.78 is -6.47. The molecule has 10 heteroatoms. The molecule has 0 aliphatic heterocycles. The van der Waals surface area contributed by atoms with Gasteiger partial charge < -0.3 is 0 Å². The Morgan fingerprint density at radius 3 is 0.615 bits per heavy atom. The van der Waals surface area contributed by atoms with Crippen LogP contribution in [0, 0.1) is 0 Å². The van der Waals surface area contributed by atoms with E-state index < -0.39 is 11.7 Å². The Hall–Kier alpha value is 2.57. The largest absolute Gasteiger partial charge is 0.254 e. The van der Waals surface area contributed by atoms with E-state index in [2.05, 4.69) is 0 Å². The molecule has 0 aromatic carbocycles. The van der Waals surface area contributed by atoms with E-state index in [9.17, 15) is 0 Å². The van der Waals surface area contributed by atoms with Crippen LogP contribution in [0.1, 0.15) is 0 Å². The maximum Gasteiger partial charge on any atom is 0.254 e. The van der Waals surface area contributed by atoms with Crippen molar-refractivity contribution in [3.05, 3.63) is 0 Å². The van der Waals surface area contributed by atoms with Gasteiger partial charge in [0.15, 0.2) is 0 Å². The smallest absolute Gasteiger partial charge is 0.167 e. The van der Waals surface area contributed by atoms with E-state index in [-0.39, 0.29) is 0 Å². The first kappa shape index (κ1) is 15.6. The second-order valence-corrected chi connectivity index (χ2v) is 8.40. The van der Waals surface area contributed by atoms with Crippen LogP contribution >= 0.6 is 104 Å². The number of hydrogen-bond donors (Lipinski definition) is 0. The molecule has 0 aromatic heterocycles. The molecule has 0 radical (unpaired) electrons. The normalized spacial score (nSPS) is 15.2. The maximum atomic E-state index is 5.42. The van der Waals surface area contributed by atoms with Crippen LogP contribution in [0.15, 0.2) is 0 Å². The second kappa shape index (κ2) is 4.83. The number of hydrogen-bond acceptors (Lipinski definition) is 1. The van der Waals surface area contributed by atoms with Crippen molar-refractivity contribution in [1.29, 1.82) is 0 Å². The molecule has 0 heterocycles. The lowest BCUT2D eigenvalue weighted by atomic mass is 10.9. The number of alkyl halides is 9. The van der Waals surface area contributed by atoms with Gasteiger partial charge in [-0.1, -0.05) is 104 Å². The Labute approximate surface area is 120 Å². The fourth-order valence-electron chi connectivity index (χ4n) is 0.431. The first-order chi connectivity index (χ1) is 5.37. The van der Waals surface area contributed by atoms with Crippen molar-refractivity contribution >= 4 is 104 Å². The van der Waals surface area contributed by atoms with Crippen LogP contribution in [0.25, 0.3) is 0 Å². The Balaban J connectivity index is 5.02. The minimum absolute atomic E-state index is 0.451. The molecule has 0 aliphatic rings. The van der Waals surface area contributed by atoms with Crippen molar-refractivity contribution in [2.24, 2.45) is 0 Å². The lowest BCUT2D eigenvalue weighted by Crippen LogP contribution is -2.51. The van der Waals surface area contributed by atoms with Gasteiger partial charge in [-0.25, -0.2) is 0 Å². The highest BCUT2D eigenvalue weighted by atomic mass is 35.6. The van der Waals surface area contributed by atoms with E-state index in [1.807, 2.05) is 0 Å². The summed E-state index contributed by atoms with van der Waals surface area (Å²) in [5, 5.41) is 0. The summed E-state index contributed by atoms with van der Waals surface area (Å²) in [5.41, 5.74) is 0. The number of nitrogens with zero attached hydrogens (tertiary/aromatic N) is 1. The van der Waals surface area contributed by atoms with E-state index in [0.29, 0.717) is 4.90 Å². The molecule has 0 aliphatic carbocycles. The molecule has 0 N–H and O–H groups in total. The van der Waals surface area contributed by atoms with Crippen molar-refractivity contribution in [2.45, 2.75) is 11.7 Å². The number of rotatable bonds is 0. The number of halogens is 9. The van der Waals surface area contributed by atoms with E-state index >= 15 is 0 Å². The minimum atomic E-state index is -2.16. The maximum absolute atomic E-state index is 5.42. The van der Waals surface area contributed by atoms with Gasteiger partial charge in [0.05, 0.1) is 0 Å². The van der Waals surface area contributed by atoms with Crippen molar-refractivity contribution in [1.82, 2.24) is 4.90 Å². The summed E-state index contributed by atoms with van der Waals surface area (Å²) in [6.45, 7) is 0. The Kier molecular flexibility index (Phi) is 5.78. The van der Waals surface area contributed by atoms with Crippen LogP contribution < -0.4 is 0 Å². The van der Waals surface area contributed by atoms with Crippen LogP contribution in [0.2, 0.25) is 0 Å². The molecule has 80 valence electrons. The van der Waals surface area contributed by atoms with Crippen molar-refractivity contribution in [3.63, 3.8) is 0 Å². The lowest BCUT2D eigenvalue weighted by Gasteiger charge is -2.39. The zero-order valence-corrected chi connectivity index (χ0v) is 12.2. The van der Waals surface area contributed by atoms with Crippen LogP contribution in [0.3, 0.4) is 0 Å². The van der Waals surface area contributed by atoms with Crippen molar-refractivity contribution in [2.75, 3.05) is 0 Å². The highest BCUT2D eigenvalue weighted by Gasteiger charge is 2.53. The second-order valence-electron chi connectivity index (χ2n) is 1.74. The fourth-order valence-corrected chi connectivity index (χ4v) is 3.88. The van der Waals surface area contributed by atoms with Gasteiger partial charge in [0, 0.05) is 0 Å². The first-order valence-corrected chi connectivity index (χ1v) is 5.77. The lowest BCUT2D eigenvalue weighted by molar-refractivity contribution is 0.276. The van der Waals surface area contributed by atoms with Crippen molar-refractivity contribution in [3.8, 4) is 0 Å². The predicted molar refractivity (Wildman–Crippen MR) is 62.7 cm³/mol. The van der Waals surface area contributed by atoms with Gasteiger partial charge in [0.2, 0.25) is 0 Å². The van der Waals surface area contributed by atoms with Gasteiger partial charge in [-0.2, -0.15) is 4.90 Å². The summed E-state index contributed by atoms with van der Waals surface area (Å²) in [4.78, 5) is 0.451. The van der Waals surface area contributed by atoms with Crippen LogP contribution in [-0.4, -0.2) is 16.6 Å². The van der Waals surface area contributed by atoms with E-state index in [0.717, 1.165) is 0 Å². The van der Waals surface area contributed by atoms with E-state index in [1.165, 1.54) is 0 Å². The SMILES string of the molecule is ClC(Cl)(Cl)N(C(Cl)(Cl)Cl)C(Cl)(Cl)Cl. The quantitative estimate of drug-likeness (QED) is 0.415. The monoisotopic (exact) mass is 365 g/mol. The summed E-state index contributed by atoms with van der Waals surface area (Å²) in [6.07, 6.45) is 0. The van der Waals surface area contributed by atoms with Gasteiger partial charge in [0.1, 0.15) is 0 Å². The van der Waals surface area contributed by atoms with Crippen LogP contribution in [0.4, 0.5) is 0 Å². The van der Waals surface area contributed by atoms with Gasteiger partial charge in [-0.3, -0.25) is 0 Å². The first-order valence-electron chi connectivity index (χ1n) is 2.37. The zero-order chi connectivity index (χ0) is 11.1. The minimum Gasteiger partial charge on any atom is -0.167 e. The Bertz CT molecular complexity index is 137. The highest BCUT2D eigenvalue weighted by molar-refractivity contribution is 6.75. The average Bonchev–Trinajstić information content (AvgIpc) is 1.44. The molecule has 0 fully saturated rings. The molecule has 0 saturated heterocycles. The third kappa shape index (κ3) is 5.44. The summed E-state index contributed by atoms with van der Waals surface area (Å²) in [5.74, 6) is 0. The van der Waals surface area contributed by atoms with E-state index in [1.54, 1.807) is 0 Å². The molecule has 0 unspecified atom stereocenters. The standard InChI is InChI=1S/C3Cl9N/c4-1(5,6)13(2(7,8)9)3(10,11)12. The van der Waals surface area contributed by atoms with Gasteiger partial charge in [-0.15, -0.1) is 0 Å². The molecule has 0 bridgehead atoms. The predicted octanol–water partition coefficient (Wildman–Crippen LogP) is 5.27. The topological polar surface area (TPSA) is 3.24 Å². The third-order valence-corrected chi connectivity index (χ3v) is 2.28. The molecule has 0 spiro atoms. The Morgan fingerprint density at radius 1 is 0.462 bits per heavy atom. The molecule has 0 atom stereocenters. The summed E-state index contributed by atoms with van der Waals surface area (Å²) in [6, 6.07) is 0. The molecule has 13 heavy (non-hydrogen) atoms. The van der Waals surface area contributed by atoms with Gasteiger partial charge >= 0.3 is 0 Å². The molecule has 0 rings (SSSR count). The highest BCUT2D eigenvalue weighted by Crippen LogP contribution is 2.52. The molecule has 1 nitrogen and oxygen atoms in total. The molecule has 0 saturated carbocycles. The van der Waals surface area contributed by atoms with E-state index in [4.69, 9.17) is 104 Å². The molecule has 0 amide bonds. The Morgan fingerprint density at radius 2 is 0.615 bits per heavy atom. The van der Waals surface area contributed by atoms with Crippen molar-refractivity contribution < 1.29 is 0 Å². The summed E-state index contributed by atoms with van der Waals surface area (Å²) in [7, 11) is 0. The third-order valence-electron chi connectivity index (χ3n) is 0.761. The fraction of sp³-hybridized carbons (Fsp3) is 1.00.